The van der Waals surface area contributed by atoms with Crippen molar-refractivity contribution in [3.63, 3.8) is 0 Å². The number of rotatable bonds is 4. The van der Waals surface area contributed by atoms with Crippen molar-refractivity contribution in [1.29, 1.82) is 0 Å². The molecule has 10 heteroatoms. The number of nitrogens with zero attached hydrogens (tertiary/aromatic N) is 7. The third-order valence-corrected chi connectivity index (χ3v) is 5.17. The smallest absolute Gasteiger partial charge is 0.216 e. The van der Waals surface area contributed by atoms with Gasteiger partial charge in [0.1, 0.15) is 0 Å². The van der Waals surface area contributed by atoms with Gasteiger partial charge in [-0.1, -0.05) is 11.3 Å². The fraction of sp³-hybridized carbons (Fsp3) is 0.545. The van der Waals surface area contributed by atoms with E-state index in [0.29, 0.717) is 6.54 Å². The number of tetrazole rings is 1. The first-order chi connectivity index (χ1) is 10.3. The zero-order valence-electron chi connectivity index (χ0n) is 11.3. The molecule has 0 aliphatic carbocycles. The molecule has 1 aliphatic rings. The van der Waals surface area contributed by atoms with Crippen LogP contribution in [0.4, 0.5) is 0 Å². The van der Waals surface area contributed by atoms with E-state index in [2.05, 4.69) is 25.6 Å². The normalized spacial score (nSPS) is 18.8. The van der Waals surface area contributed by atoms with Crippen LogP contribution < -0.4 is 0 Å². The molecule has 1 aliphatic heterocycles. The summed E-state index contributed by atoms with van der Waals surface area (Å²) in [6.07, 6.45) is 4.29. The number of aryl methyl sites for hydroxylation is 1. The topological polar surface area (TPSA) is 83.0 Å². The van der Waals surface area contributed by atoms with Crippen LogP contribution in [-0.2, 0) is 11.3 Å². The van der Waals surface area contributed by atoms with E-state index in [1.54, 1.807) is 9.20 Å². The largest absolute Gasteiger partial charge is 0.376 e. The Morgan fingerprint density at radius 2 is 2.48 bits per heavy atom. The summed E-state index contributed by atoms with van der Waals surface area (Å²) in [7, 11) is 0. The highest BCUT2D eigenvalue weighted by Gasteiger charge is 2.20. The summed E-state index contributed by atoms with van der Waals surface area (Å²) in [6.45, 7) is 3.48. The second-order valence-corrected chi connectivity index (χ2v) is 7.03. The van der Waals surface area contributed by atoms with Gasteiger partial charge in [-0.3, -0.25) is 0 Å². The molecule has 1 unspecified atom stereocenters. The van der Waals surface area contributed by atoms with Gasteiger partial charge in [0.25, 0.3) is 0 Å². The standard InChI is InChI=1S/C11H13N7OS2/c1-7-5-17-9(12-7)20-11(14-17)21-10-13-15-16-18(10)6-8-3-2-4-19-8/h5,8H,2-4,6H2,1H3. The Morgan fingerprint density at radius 1 is 1.52 bits per heavy atom. The minimum Gasteiger partial charge on any atom is -0.376 e. The summed E-state index contributed by atoms with van der Waals surface area (Å²) in [5.41, 5.74) is 0.966. The lowest BCUT2D eigenvalue weighted by molar-refractivity contribution is 0.0912. The molecule has 110 valence electrons. The van der Waals surface area contributed by atoms with E-state index in [1.165, 1.54) is 23.1 Å². The summed E-state index contributed by atoms with van der Waals surface area (Å²) in [5, 5.41) is 17.1. The summed E-state index contributed by atoms with van der Waals surface area (Å²) >= 11 is 2.99. The van der Waals surface area contributed by atoms with Crippen molar-refractivity contribution in [3.05, 3.63) is 11.9 Å². The molecule has 0 spiro atoms. The maximum atomic E-state index is 5.63. The molecule has 0 aromatic carbocycles. The molecule has 0 radical (unpaired) electrons. The lowest BCUT2D eigenvalue weighted by atomic mass is 10.2. The number of hydrogen-bond donors (Lipinski definition) is 0. The van der Waals surface area contributed by atoms with E-state index in [1.807, 2.05) is 13.1 Å². The first-order valence-electron chi connectivity index (χ1n) is 6.66. The van der Waals surface area contributed by atoms with Gasteiger partial charge in [-0.2, -0.15) is 0 Å². The van der Waals surface area contributed by atoms with Crippen LogP contribution in [-0.4, -0.2) is 47.5 Å². The van der Waals surface area contributed by atoms with Crippen LogP contribution in [0.5, 0.6) is 0 Å². The SMILES string of the molecule is Cc1cn2nc(Sc3nnnn3CC3CCCO3)sc2n1. The average molecular weight is 323 g/mol. The molecule has 3 aromatic heterocycles. The number of imidazole rings is 1. The molecule has 0 N–H and O–H groups in total. The average Bonchev–Trinajstić information content (AvgIpc) is 3.17. The van der Waals surface area contributed by atoms with Crippen molar-refractivity contribution in [2.45, 2.75) is 41.9 Å². The van der Waals surface area contributed by atoms with Crippen LogP contribution in [0.15, 0.2) is 15.7 Å². The highest BCUT2D eigenvalue weighted by molar-refractivity contribution is 8.01. The molecule has 0 bridgehead atoms. The van der Waals surface area contributed by atoms with Gasteiger partial charge in [0.2, 0.25) is 10.1 Å². The van der Waals surface area contributed by atoms with Gasteiger partial charge in [0, 0.05) is 6.61 Å². The van der Waals surface area contributed by atoms with Crippen molar-refractivity contribution < 1.29 is 4.74 Å². The molecular formula is C11H13N7OS2. The first kappa shape index (κ1) is 13.2. The third-order valence-electron chi connectivity index (χ3n) is 3.22. The van der Waals surface area contributed by atoms with Crippen LogP contribution in [0, 0.1) is 6.92 Å². The molecule has 3 aromatic rings. The van der Waals surface area contributed by atoms with Gasteiger partial charge in [-0.15, -0.1) is 10.2 Å². The fourth-order valence-electron chi connectivity index (χ4n) is 2.28. The van der Waals surface area contributed by atoms with E-state index >= 15 is 0 Å². The molecule has 1 atom stereocenters. The molecule has 1 fully saturated rings. The van der Waals surface area contributed by atoms with Crippen molar-refractivity contribution in [2.24, 2.45) is 0 Å². The molecule has 0 saturated carbocycles. The van der Waals surface area contributed by atoms with Gasteiger partial charge >= 0.3 is 0 Å². The van der Waals surface area contributed by atoms with Crippen LogP contribution >= 0.6 is 23.1 Å². The summed E-state index contributed by atoms with van der Waals surface area (Å²) < 4.78 is 10.1. The van der Waals surface area contributed by atoms with Crippen molar-refractivity contribution in [2.75, 3.05) is 6.61 Å². The molecule has 21 heavy (non-hydrogen) atoms. The fourth-order valence-corrected chi connectivity index (χ4v) is 4.13. The maximum Gasteiger partial charge on any atom is 0.216 e. The summed E-state index contributed by atoms with van der Waals surface area (Å²) in [5.74, 6) is 0. The molecular weight excluding hydrogens is 310 g/mol. The number of ether oxygens (including phenoxy) is 1. The highest BCUT2D eigenvalue weighted by atomic mass is 32.2. The van der Waals surface area contributed by atoms with Gasteiger partial charge < -0.3 is 4.74 Å². The van der Waals surface area contributed by atoms with E-state index in [9.17, 15) is 0 Å². The Hall–Kier alpha value is -1.52. The Balaban J connectivity index is 1.53. The van der Waals surface area contributed by atoms with Crippen molar-refractivity contribution in [1.82, 2.24) is 34.8 Å². The van der Waals surface area contributed by atoms with Gasteiger partial charge in [0.15, 0.2) is 4.34 Å². The second-order valence-electron chi connectivity index (χ2n) is 4.86. The second kappa shape index (κ2) is 5.35. The quantitative estimate of drug-likeness (QED) is 0.718. The number of fused-ring (bicyclic) bond motifs is 1. The van der Waals surface area contributed by atoms with Gasteiger partial charge in [-0.05, 0) is 42.0 Å². The lowest BCUT2D eigenvalue weighted by Crippen LogP contribution is -2.16. The highest BCUT2D eigenvalue weighted by Crippen LogP contribution is 2.30. The minimum atomic E-state index is 0.212. The zero-order chi connectivity index (χ0) is 14.2. The van der Waals surface area contributed by atoms with Crippen LogP contribution in [0.2, 0.25) is 0 Å². The van der Waals surface area contributed by atoms with Gasteiger partial charge in [-0.25, -0.2) is 14.2 Å². The Kier molecular flexibility index (Phi) is 3.36. The monoisotopic (exact) mass is 323 g/mol. The predicted octanol–water partition coefficient (Wildman–Crippen LogP) is 1.42. The van der Waals surface area contributed by atoms with E-state index in [-0.39, 0.29) is 6.10 Å². The van der Waals surface area contributed by atoms with Crippen LogP contribution in [0.25, 0.3) is 4.96 Å². The van der Waals surface area contributed by atoms with Crippen LogP contribution in [0.1, 0.15) is 18.5 Å². The Morgan fingerprint density at radius 3 is 3.29 bits per heavy atom. The number of aromatic nitrogens is 7. The van der Waals surface area contributed by atoms with E-state index in [0.717, 1.165) is 39.6 Å². The molecule has 4 heterocycles. The minimum absolute atomic E-state index is 0.212. The first-order valence-corrected chi connectivity index (χ1v) is 8.30. The number of hydrogen-bond acceptors (Lipinski definition) is 8. The molecule has 4 rings (SSSR count). The van der Waals surface area contributed by atoms with E-state index < -0.39 is 0 Å². The predicted molar refractivity (Wildman–Crippen MR) is 76.5 cm³/mol. The maximum absolute atomic E-state index is 5.63. The van der Waals surface area contributed by atoms with Crippen molar-refractivity contribution >= 4 is 28.1 Å². The Bertz CT molecular complexity index is 726. The van der Waals surface area contributed by atoms with E-state index in [4.69, 9.17) is 4.74 Å². The zero-order valence-corrected chi connectivity index (χ0v) is 13.0. The summed E-state index contributed by atoms with van der Waals surface area (Å²) in [4.78, 5) is 5.28. The molecule has 1 saturated heterocycles. The van der Waals surface area contributed by atoms with Crippen LogP contribution in [0.3, 0.4) is 0 Å². The molecule has 0 amide bonds. The third kappa shape index (κ3) is 2.65. The summed E-state index contributed by atoms with van der Waals surface area (Å²) in [6, 6.07) is 0. The van der Waals surface area contributed by atoms with Gasteiger partial charge in [0.05, 0.1) is 24.5 Å². The lowest BCUT2D eigenvalue weighted by Gasteiger charge is -2.09. The Labute approximate surface area is 128 Å². The van der Waals surface area contributed by atoms with Crippen molar-refractivity contribution in [3.8, 4) is 0 Å². The molecule has 8 nitrogen and oxygen atoms in total.